The van der Waals surface area contributed by atoms with E-state index >= 15 is 0 Å². The van der Waals surface area contributed by atoms with E-state index in [1.54, 1.807) is 12.1 Å². The van der Waals surface area contributed by atoms with Gasteiger partial charge in [-0.05, 0) is 39.8 Å². The zero-order valence-corrected chi connectivity index (χ0v) is 9.94. The van der Waals surface area contributed by atoms with Crippen molar-refractivity contribution in [1.82, 2.24) is 10.2 Å². The van der Waals surface area contributed by atoms with Crippen molar-refractivity contribution in [1.29, 1.82) is 0 Å². The Balaban J connectivity index is 2.61. The highest BCUT2D eigenvalue weighted by Crippen LogP contribution is 2.05. The van der Waals surface area contributed by atoms with Crippen molar-refractivity contribution in [2.75, 3.05) is 10.9 Å². The number of nitrogens with one attached hydrogen (secondary N) is 2. The number of aromatic nitrogens is 2. The van der Waals surface area contributed by atoms with Crippen molar-refractivity contribution >= 4 is 23.1 Å². The van der Waals surface area contributed by atoms with Gasteiger partial charge in [0, 0.05) is 11.4 Å². The van der Waals surface area contributed by atoms with E-state index in [9.17, 15) is 0 Å². The molecule has 0 unspecified atom stereocenters. The summed E-state index contributed by atoms with van der Waals surface area (Å²) in [6, 6.07) is 3.56. The number of anilines is 2. The predicted octanol–water partition coefficient (Wildman–Crippen LogP) is 2.09. The van der Waals surface area contributed by atoms with Gasteiger partial charge in [-0.1, -0.05) is 0 Å². The smallest absolute Gasteiger partial charge is 0.168 e. The molecule has 6 heteroatoms. The standard InChI is InChI=1S/C10H16N6/c1-7(2)11-13-9-5-6-10(16-15-9)14-12-8(3)4/h5-6H,1-4H3,(H,13,15)(H,14,16). The van der Waals surface area contributed by atoms with Crippen LogP contribution in [0.1, 0.15) is 27.7 Å². The van der Waals surface area contributed by atoms with Crippen LogP contribution in [0.4, 0.5) is 11.6 Å². The van der Waals surface area contributed by atoms with Gasteiger partial charge in [-0.25, -0.2) is 0 Å². The molecule has 0 saturated carbocycles. The van der Waals surface area contributed by atoms with Gasteiger partial charge >= 0.3 is 0 Å². The Bertz CT molecular complexity index is 345. The van der Waals surface area contributed by atoms with Crippen LogP contribution in [0.3, 0.4) is 0 Å². The maximum atomic E-state index is 4.01. The van der Waals surface area contributed by atoms with Crippen LogP contribution >= 0.6 is 0 Å². The molecule has 0 aliphatic carbocycles. The van der Waals surface area contributed by atoms with E-state index in [0.29, 0.717) is 11.6 Å². The average Bonchev–Trinajstić information content (AvgIpc) is 2.25. The first-order chi connectivity index (χ1) is 7.58. The summed E-state index contributed by atoms with van der Waals surface area (Å²) >= 11 is 0. The lowest BCUT2D eigenvalue weighted by Gasteiger charge is -2.01. The van der Waals surface area contributed by atoms with Gasteiger partial charge in [0.1, 0.15) is 0 Å². The van der Waals surface area contributed by atoms with Crippen LogP contribution < -0.4 is 10.9 Å². The molecular weight excluding hydrogens is 204 g/mol. The van der Waals surface area contributed by atoms with Gasteiger partial charge < -0.3 is 0 Å². The van der Waals surface area contributed by atoms with Gasteiger partial charge in [0.2, 0.25) is 0 Å². The molecule has 0 spiro atoms. The molecule has 0 aromatic carbocycles. The summed E-state index contributed by atoms with van der Waals surface area (Å²) in [4.78, 5) is 0. The molecule has 0 fully saturated rings. The van der Waals surface area contributed by atoms with Crippen molar-refractivity contribution in [3.05, 3.63) is 12.1 Å². The van der Waals surface area contributed by atoms with Crippen LogP contribution in [-0.4, -0.2) is 21.6 Å². The van der Waals surface area contributed by atoms with E-state index in [2.05, 4.69) is 31.3 Å². The second kappa shape index (κ2) is 5.79. The van der Waals surface area contributed by atoms with Crippen LogP contribution in [0, 0.1) is 0 Å². The molecule has 1 aromatic heterocycles. The number of nitrogens with zero attached hydrogens (tertiary/aromatic N) is 4. The lowest BCUT2D eigenvalue weighted by molar-refractivity contribution is 1.01. The van der Waals surface area contributed by atoms with Gasteiger partial charge in [-0.2, -0.15) is 10.2 Å². The van der Waals surface area contributed by atoms with E-state index in [-0.39, 0.29) is 0 Å². The molecule has 0 aliphatic rings. The number of hydrogen-bond acceptors (Lipinski definition) is 6. The number of rotatable bonds is 4. The van der Waals surface area contributed by atoms with Crippen molar-refractivity contribution in [3.8, 4) is 0 Å². The molecular formula is C10H16N6. The Morgan fingerprint density at radius 1 is 0.875 bits per heavy atom. The molecule has 6 nitrogen and oxygen atoms in total. The molecule has 1 rings (SSSR count). The Morgan fingerprint density at radius 3 is 1.50 bits per heavy atom. The van der Waals surface area contributed by atoms with Crippen molar-refractivity contribution < 1.29 is 0 Å². The molecule has 16 heavy (non-hydrogen) atoms. The van der Waals surface area contributed by atoms with Gasteiger partial charge in [0.05, 0.1) is 0 Å². The van der Waals surface area contributed by atoms with Crippen LogP contribution in [0.2, 0.25) is 0 Å². The molecule has 86 valence electrons. The number of hydrogen-bond donors (Lipinski definition) is 2. The monoisotopic (exact) mass is 220 g/mol. The topological polar surface area (TPSA) is 74.6 Å². The summed E-state index contributed by atoms with van der Waals surface area (Å²) in [5.74, 6) is 1.20. The Morgan fingerprint density at radius 2 is 1.25 bits per heavy atom. The summed E-state index contributed by atoms with van der Waals surface area (Å²) in [5, 5.41) is 15.9. The molecule has 1 aromatic rings. The first-order valence-electron chi connectivity index (χ1n) is 4.95. The molecule has 0 radical (unpaired) electrons. The second-order valence-corrected chi connectivity index (χ2v) is 3.65. The summed E-state index contributed by atoms with van der Waals surface area (Å²) in [5.41, 5.74) is 7.43. The third kappa shape index (κ3) is 4.50. The quantitative estimate of drug-likeness (QED) is 0.602. The maximum absolute atomic E-state index is 4.01. The first kappa shape index (κ1) is 12.1. The fourth-order valence-electron chi connectivity index (χ4n) is 0.790. The van der Waals surface area contributed by atoms with Gasteiger partial charge in [0.25, 0.3) is 0 Å². The average molecular weight is 220 g/mol. The highest BCUT2D eigenvalue weighted by atomic mass is 15.4. The minimum atomic E-state index is 0.601. The van der Waals surface area contributed by atoms with Crippen LogP contribution in [0.5, 0.6) is 0 Å². The molecule has 0 amide bonds. The largest absolute Gasteiger partial charge is 0.260 e. The molecule has 0 bridgehead atoms. The van der Waals surface area contributed by atoms with E-state index < -0.39 is 0 Å². The fraction of sp³-hybridized carbons (Fsp3) is 0.400. The summed E-state index contributed by atoms with van der Waals surface area (Å²) in [7, 11) is 0. The highest BCUT2D eigenvalue weighted by molar-refractivity contribution is 5.80. The maximum Gasteiger partial charge on any atom is 0.168 e. The normalized spacial score (nSPS) is 9.25. The minimum Gasteiger partial charge on any atom is -0.260 e. The van der Waals surface area contributed by atoms with Gasteiger partial charge in [0.15, 0.2) is 11.6 Å². The number of hydrazone groups is 2. The molecule has 2 N–H and O–H groups in total. The zero-order valence-electron chi connectivity index (χ0n) is 9.94. The van der Waals surface area contributed by atoms with Gasteiger partial charge in [-0.3, -0.25) is 10.9 Å². The highest BCUT2D eigenvalue weighted by Gasteiger charge is 1.95. The lowest BCUT2D eigenvalue weighted by atomic mass is 10.5. The lowest BCUT2D eigenvalue weighted by Crippen LogP contribution is -2.00. The molecule has 0 aliphatic heterocycles. The second-order valence-electron chi connectivity index (χ2n) is 3.65. The third-order valence-electron chi connectivity index (χ3n) is 1.45. The Hall–Kier alpha value is -1.98. The van der Waals surface area contributed by atoms with E-state index in [1.807, 2.05) is 27.7 Å². The van der Waals surface area contributed by atoms with E-state index in [1.165, 1.54) is 0 Å². The van der Waals surface area contributed by atoms with E-state index in [0.717, 1.165) is 11.4 Å². The van der Waals surface area contributed by atoms with Crippen LogP contribution in [0.25, 0.3) is 0 Å². The van der Waals surface area contributed by atoms with E-state index in [4.69, 9.17) is 0 Å². The summed E-state index contributed by atoms with van der Waals surface area (Å²) in [6.45, 7) is 7.59. The molecule has 1 heterocycles. The Labute approximate surface area is 94.9 Å². The van der Waals surface area contributed by atoms with Crippen molar-refractivity contribution in [3.63, 3.8) is 0 Å². The van der Waals surface area contributed by atoms with Crippen molar-refractivity contribution in [2.45, 2.75) is 27.7 Å². The summed E-state index contributed by atoms with van der Waals surface area (Å²) in [6.07, 6.45) is 0. The van der Waals surface area contributed by atoms with Gasteiger partial charge in [-0.15, -0.1) is 10.2 Å². The van der Waals surface area contributed by atoms with Crippen LogP contribution in [0.15, 0.2) is 22.3 Å². The fourth-order valence-corrected chi connectivity index (χ4v) is 0.790. The van der Waals surface area contributed by atoms with Crippen molar-refractivity contribution in [2.24, 2.45) is 10.2 Å². The first-order valence-corrected chi connectivity index (χ1v) is 4.95. The third-order valence-corrected chi connectivity index (χ3v) is 1.45. The van der Waals surface area contributed by atoms with Crippen LogP contribution in [-0.2, 0) is 0 Å². The molecule has 0 saturated heterocycles. The predicted molar refractivity (Wildman–Crippen MR) is 66.8 cm³/mol. The minimum absolute atomic E-state index is 0.601. The molecule has 0 atom stereocenters. The SMILES string of the molecule is CC(C)=NNc1ccc(NN=C(C)C)nn1. The zero-order chi connectivity index (χ0) is 12.0. The Kier molecular flexibility index (Phi) is 4.38. The summed E-state index contributed by atoms with van der Waals surface area (Å²) < 4.78 is 0.